The molecule has 0 aliphatic carbocycles. The minimum atomic E-state index is -0.0583. The van der Waals surface area contributed by atoms with Crippen LogP contribution in [0.2, 0.25) is 0 Å². The van der Waals surface area contributed by atoms with Crippen LogP contribution in [0.25, 0.3) is 0 Å². The molecule has 1 aliphatic heterocycles. The summed E-state index contributed by atoms with van der Waals surface area (Å²) in [6, 6.07) is 15.5. The van der Waals surface area contributed by atoms with E-state index in [1.165, 1.54) is 0 Å². The third kappa shape index (κ3) is 3.06. The number of benzene rings is 2. The minimum absolute atomic E-state index is 0.000742. The van der Waals surface area contributed by atoms with E-state index in [4.69, 9.17) is 10.5 Å². The second kappa shape index (κ2) is 5.97. The number of carbonyl (C=O) groups is 1. The average molecular weight is 282 g/mol. The second-order valence-electron chi connectivity index (χ2n) is 5.17. The van der Waals surface area contributed by atoms with Crippen molar-refractivity contribution in [1.29, 1.82) is 0 Å². The van der Waals surface area contributed by atoms with Gasteiger partial charge in [0, 0.05) is 12.1 Å². The molecule has 2 aromatic carbocycles. The number of rotatable bonds is 4. The van der Waals surface area contributed by atoms with Gasteiger partial charge in [-0.05, 0) is 17.2 Å². The van der Waals surface area contributed by atoms with E-state index in [2.05, 4.69) is 5.32 Å². The number of fused-ring (bicyclic) bond motifs is 1. The Labute approximate surface area is 123 Å². The lowest BCUT2D eigenvalue weighted by molar-refractivity contribution is -0.121. The Morgan fingerprint density at radius 1 is 1.14 bits per heavy atom. The first-order valence-corrected chi connectivity index (χ1v) is 7.05. The molecule has 0 aromatic heterocycles. The highest BCUT2D eigenvalue weighted by molar-refractivity contribution is 5.79. The first-order valence-electron chi connectivity index (χ1n) is 7.05. The quantitative estimate of drug-likeness (QED) is 0.900. The van der Waals surface area contributed by atoms with Gasteiger partial charge < -0.3 is 15.8 Å². The van der Waals surface area contributed by atoms with Crippen molar-refractivity contribution in [3.05, 3.63) is 65.2 Å². The molecule has 1 atom stereocenters. The summed E-state index contributed by atoms with van der Waals surface area (Å²) in [5.74, 6) is 0.857. The summed E-state index contributed by atoms with van der Waals surface area (Å²) in [4.78, 5) is 12.1. The van der Waals surface area contributed by atoms with Crippen LogP contribution in [-0.4, -0.2) is 12.5 Å². The zero-order chi connectivity index (χ0) is 14.7. The summed E-state index contributed by atoms with van der Waals surface area (Å²) in [7, 11) is 0. The third-order valence-electron chi connectivity index (χ3n) is 3.66. The van der Waals surface area contributed by atoms with Crippen molar-refractivity contribution >= 4 is 5.91 Å². The van der Waals surface area contributed by atoms with Crippen LogP contribution < -0.4 is 15.8 Å². The van der Waals surface area contributed by atoms with Crippen LogP contribution in [0, 0.1) is 0 Å². The Bertz CT molecular complexity index is 637. The average Bonchev–Trinajstić information content (AvgIpc) is 2.91. The van der Waals surface area contributed by atoms with Gasteiger partial charge in [0.2, 0.25) is 5.91 Å². The predicted octanol–water partition coefficient (Wildman–Crippen LogP) is 1.94. The predicted molar refractivity (Wildman–Crippen MR) is 80.9 cm³/mol. The summed E-state index contributed by atoms with van der Waals surface area (Å²) in [5, 5.41) is 3.02. The summed E-state index contributed by atoms with van der Waals surface area (Å²) in [5.41, 5.74) is 8.66. The molecule has 0 saturated heterocycles. The zero-order valence-electron chi connectivity index (χ0n) is 11.7. The molecular weight excluding hydrogens is 264 g/mol. The van der Waals surface area contributed by atoms with Crippen LogP contribution in [0.3, 0.4) is 0 Å². The van der Waals surface area contributed by atoms with Crippen molar-refractivity contribution in [2.24, 2.45) is 5.73 Å². The molecule has 21 heavy (non-hydrogen) atoms. The van der Waals surface area contributed by atoms with Gasteiger partial charge in [-0.15, -0.1) is 0 Å². The highest BCUT2D eigenvalue weighted by atomic mass is 16.5. The number of nitrogens with one attached hydrogen (secondary N) is 1. The fourth-order valence-electron chi connectivity index (χ4n) is 2.51. The lowest BCUT2D eigenvalue weighted by atomic mass is 10.1. The molecule has 3 N–H and O–H groups in total. The van der Waals surface area contributed by atoms with Gasteiger partial charge in [-0.25, -0.2) is 0 Å². The fourth-order valence-corrected chi connectivity index (χ4v) is 2.51. The monoisotopic (exact) mass is 282 g/mol. The van der Waals surface area contributed by atoms with Gasteiger partial charge in [0.05, 0.1) is 12.5 Å². The van der Waals surface area contributed by atoms with Gasteiger partial charge in [-0.2, -0.15) is 0 Å². The van der Waals surface area contributed by atoms with Crippen LogP contribution >= 0.6 is 0 Å². The van der Waals surface area contributed by atoms with Crippen molar-refractivity contribution in [2.45, 2.75) is 19.0 Å². The summed E-state index contributed by atoms with van der Waals surface area (Å²) >= 11 is 0. The Morgan fingerprint density at radius 2 is 1.86 bits per heavy atom. The largest absolute Gasteiger partial charge is 0.491 e. The van der Waals surface area contributed by atoms with Crippen molar-refractivity contribution in [1.82, 2.24) is 5.32 Å². The highest BCUT2D eigenvalue weighted by Crippen LogP contribution is 2.31. The highest BCUT2D eigenvalue weighted by Gasteiger charge is 2.24. The van der Waals surface area contributed by atoms with Gasteiger partial charge in [0.15, 0.2) is 0 Å². The molecule has 1 aliphatic rings. The van der Waals surface area contributed by atoms with Crippen molar-refractivity contribution in [3.8, 4) is 5.75 Å². The SMILES string of the molecule is NCc1ccc(CC(=O)NC2COc3ccccc32)cc1. The number of hydrogen-bond acceptors (Lipinski definition) is 3. The Hall–Kier alpha value is -2.33. The van der Waals surface area contributed by atoms with Crippen LogP contribution in [0.5, 0.6) is 5.75 Å². The molecule has 1 unspecified atom stereocenters. The lowest BCUT2D eigenvalue weighted by Crippen LogP contribution is -2.30. The number of hydrogen-bond donors (Lipinski definition) is 2. The molecule has 0 saturated carbocycles. The topological polar surface area (TPSA) is 64.4 Å². The summed E-state index contributed by atoms with van der Waals surface area (Å²) < 4.78 is 5.56. The molecule has 0 radical (unpaired) electrons. The van der Waals surface area contributed by atoms with E-state index in [1.807, 2.05) is 48.5 Å². The van der Waals surface area contributed by atoms with Crippen LogP contribution in [-0.2, 0) is 17.8 Å². The first kappa shape index (κ1) is 13.6. The Balaban J connectivity index is 1.62. The van der Waals surface area contributed by atoms with Crippen LogP contribution in [0.1, 0.15) is 22.7 Å². The van der Waals surface area contributed by atoms with Gasteiger partial charge in [-0.1, -0.05) is 42.5 Å². The molecular formula is C17H18N2O2. The van der Waals surface area contributed by atoms with E-state index in [-0.39, 0.29) is 11.9 Å². The lowest BCUT2D eigenvalue weighted by Gasteiger charge is -2.12. The third-order valence-corrected chi connectivity index (χ3v) is 3.66. The van der Waals surface area contributed by atoms with Gasteiger partial charge in [-0.3, -0.25) is 4.79 Å². The number of nitrogens with two attached hydrogens (primary N) is 1. The van der Waals surface area contributed by atoms with E-state index >= 15 is 0 Å². The minimum Gasteiger partial charge on any atom is -0.491 e. The van der Waals surface area contributed by atoms with E-state index in [0.29, 0.717) is 19.6 Å². The molecule has 3 rings (SSSR count). The van der Waals surface area contributed by atoms with Gasteiger partial charge in [0.25, 0.3) is 0 Å². The van der Waals surface area contributed by atoms with E-state index in [0.717, 1.165) is 22.4 Å². The fraction of sp³-hybridized carbons (Fsp3) is 0.235. The molecule has 1 heterocycles. The van der Waals surface area contributed by atoms with Crippen molar-refractivity contribution in [3.63, 3.8) is 0 Å². The molecule has 0 bridgehead atoms. The summed E-state index contributed by atoms with van der Waals surface area (Å²) in [6.45, 7) is 1.01. The molecule has 2 aromatic rings. The number of ether oxygens (including phenoxy) is 1. The molecule has 0 spiro atoms. The van der Waals surface area contributed by atoms with Crippen molar-refractivity contribution < 1.29 is 9.53 Å². The number of carbonyl (C=O) groups excluding carboxylic acids is 1. The van der Waals surface area contributed by atoms with Crippen molar-refractivity contribution in [2.75, 3.05) is 6.61 Å². The van der Waals surface area contributed by atoms with Gasteiger partial charge >= 0.3 is 0 Å². The Kier molecular flexibility index (Phi) is 3.88. The Morgan fingerprint density at radius 3 is 2.62 bits per heavy atom. The second-order valence-corrected chi connectivity index (χ2v) is 5.17. The maximum absolute atomic E-state index is 12.1. The van der Waals surface area contributed by atoms with Crippen LogP contribution in [0.4, 0.5) is 0 Å². The molecule has 4 heteroatoms. The normalized spacial score (nSPS) is 16.1. The standard InChI is InChI=1S/C17H18N2O2/c18-10-13-7-5-12(6-8-13)9-17(20)19-15-11-21-16-4-2-1-3-14(15)16/h1-8,15H,9-11,18H2,(H,19,20). The molecule has 4 nitrogen and oxygen atoms in total. The van der Waals surface area contributed by atoms with E-state index in [9.17, 15) is 4.79 Å². The maximum atomic E-state index is 12.1. The molecule has 0 fully saturated rings. The van der Waals surface area contributed by atoms with E-state index < -0.39 is 0 Å². The maximum Gasteiger partial charge on any atom is 0.225 e. The number of amides is 1. The zero-order valence-corrected chi connectivity index (χ0v) is 11.7. The number of para-hydroxylation sites is 1. The van der Waals surface area contributed by atoms with Gasteiger partial charge in [0.1, 0.15) is 12.4 Å². The molecule has 108 valence electrons. The van der Waals surface area contributed by atoms with E-state index in [1.54, 1.807) is 0 Å². The van der Waals surface area contributed by atoms with Crippen LogP contribution in [0.15, 0.2) is 48.5 Å². The summed E-state index contributed by atoms with van der Waals surface area (Å²) in [6.07, 6.45) is 0.365. The smallest absolute Gasteiger partial charge is 0.225 e. The first-order chi connectivity index (χ1) is 10.3. The molecule has 1 amide bonds.